The summed E-state index contributed by atoms with van der Waals surface area (Å²) in [5.74, 6) is 1.91. The van der Waals surface area contributed by atoms with E-state index in [2.05, 4.69) is 35.2 Å². The summed E-state index contributed by atoms with van der Waals surface area (Å²) >= 11 is 0. The van der Waals surface area contributed by atoms with E-state index in [9.17, 15) is 9.59 Å². The maximum absolute atomic E-state index is 12.9. The SMILES string of the molecule is CCC[C@H](CNC(=O)OC)C(=O)N1C[C@@H]2C(c3ccc4c(c3)CCC4)[C@@H]2C1. The predicted octanol–water partition coefficient (Wildman–Crippen LogP) is 3.12. The van der Waals surface area contributed by atoms with Gasteiger partial charge in [-0.05, 0) is 60.1 Å². The van der Waals surface area contributed by atoms with E-state index in [1.54, 1.807) is 5.56 Å². The number of amides is 2. The van der Waals surface area contributed by atoms with Crippen LogP contribution in [0.5, 0.6) is 0 Å². The number of rotatable bonds is 6. The molecule has 4 rings (SSSR count). The van der Waals surface area contributed by atoms with E-state index in [1.807, 2.05) is 4.90 Å². The molecule has 27 heavy (non-hydrogen) atoms. The second kappa shape index (κ2) is 7.53. The van der Waals surface area contributed by atoms with Crippen molar-refractivity contribution >= 4 is 12.0 Å². The Morgan fingerprint density at radius 1 is 1.22 bits per heavy atom. The van der Waals surface area contributed by atoms with Gasteiger partial charge in [0.25, 0.3) is 0 Å². The van der Waals surface area contributed by atoms with Crippen LogP contribution in [0.15, 0.2) is 18.2 Å². The van der Waals surface area contributed by atoms with E-state index in [0.717, 1.165) is 25.9 Å². The molecule has 1 aromatic rings. The van der Waals surface area contributed by atoms with Crippen molar-refractivity contribution in [3.63, 3.8) is 0 Å². The standard InChI is InChI=1S/C22H30N2O3/c1-3-5-17(11-23-22(26)27-2)21(25)24-12-18-19(13-24)20(18)16-9-8-14-6-4-7-15(14)10-16/h8-10,17-20H,3-7,11-13H2,1-2H3,(H,23,26)/t17-,18-,19+,20?/m1/s1. The fourth-order valence-corrected chi connectivity index (χ4v) is 5.20. The zero-order valence-corrected chi connectivity index (χ0v) is 16.4. The first-order chi connectivity index (χ1) is 13.1. The van der Waals surface area contributed by atoms with E-state index in [4.69, 9.17) is 0 Å². The zero-order chi connectivity index (χ0) is 19.0. The third-order valence-corrected chi connectivity index (χ3v) is 6.68. The van der Waals surface area contributed by atoms with Gasteiger partial charge >= 0.3 is 6.09 Å². The maximum atomic E-state index is 12.9. The van der Waals surface area contributed by atoms with Gasteiger partial charge in [-0.1, -0.05) is 31.5 Å². The van der Waals surface area contributed by atoms with Crippen molar-refractivity contribution in [2.24, 2.45) is 17.8 Å². The lowest BCUT2D eigenvalue weighted by Crippen LogP contribution is -2.41. The Morgan fingerprint density at radius 2 is 1.96 bits per heavy atom. The first kappa shape index (κ1) is 18.3. The minimum Gasteiger partial charge on any atom is -0.453 e. The fourth-order valence-electron chi connectivity index (χ4n) is 5.20. The van der Waals surface area contributed by atoms with Gasteiger partial charge in [0.15, 0.2) is 0 Å². The third-order valence-electron chi connectivity index (χ3n) is 6.68. The Labute approximate surface area is 161 Å². The third kappa shape index (κ3) is 3.56. The van der Waals surface area contributed by atoms with Crippen LogP contribution in [-0.4, -0.2) is 43.6 Å². The number of nitrogens with one attached hydrogen (secondary N) is 1. The Kier molecular flexibility index (Phi) is 5.11. The number of fused-ring (bicyclic) bond motifs is 2. The van der Waals surface area contributed by atoms with Gasteiger partial charge in [-0.3, -0.25) is 4.79 Å². The van der Waals surface area contributed by atoms with Crippen molar-refractivity contribution in [1.82, 2.24) is 10.2 Å². The molecule has 2 aliphatic carbocycles. The number of hydrogen-bond donors (Lipinski definition) is 1. The number of carbonyl (C=O) groups is 2. The van der Waals surface area contributed by atoms with Crippen molar-refractivity contribution in [1.29, 1.82) is 0 Å². The van der Waals surface area contributed by atoms with Crippen molar-refractivity contribution < 1.29 is 14.3 Å². The summed E-state index contributed by atoms with van der Waals surface area (Å²) in [4.78, 5) is 26.3. The molecule has 5 heteroatoms. The molecule has 1 aliphatic heterocycles. The first-order valence-electron chi connectivity index (χ1n) is 10.3. The molecule has 2 amide bonds. The molecule has 1 saturated carbocycles. The normalized spacial score (nSPS) is 26.3. The summed E-state index contributed by atoms with van der Waals surface area (Å²) in [7, 11) is 1.35. The molecule has 4 atom stereocenters. The van der Waals surface area contributed by atoms with Crippen molar-refractivity contribution in [2.75, 3.05) is 26.7 Å². The predicted molar refractivity (Wildman–Crippen MR) is 104 cm³/mol. The van der Waals surface area contributed by atoms with Gasteiger partial charge in [-0.25, -0.2) is 4.79 Å². The number of piperidine rings is 1. The maximum Gasteiger partial charge on any atom is 0.406 e. The summed E-state index contributed by atoms with van der Waals surface area (Å²) in [6.07, 6.45) is 5.00. The van der Waals surface area contributed by atoms with Crippen LogP contribution in [0, 0.1) is 17.8 Å². The number of methoxy groups -OCH3 is 1. The molecule has 0 radical (unpaired) electrons. The summed E-state index contributed by atoms with van der Waals surface area (Å²) in [6, 6.07) is 7.07. The average molecular weight is 370 g/mol. The summed E-state index contributed by atoms with van der Waals surface area (Å²) in [6.45, 7) is 4.16. The van der Waals surface area contributed by atoms with Crippen LogP contribution >= 0.6 is 0 Å². The second-order valence-corrected chi connectivity index (χ2v) is 8.34. The number of alkyl carbamates (subject to hydrolysis) is 1. The van der Waals surface area contributed by atoms with Crippen LogP contribution in [0.3, 0.4) is 0 Å². The van der Waals surface area contributed by atoms with Gasteiger partial charge in [0.2, 0.25) is 5.91 Å². The molecule has 0 aromatic heterocycles. The van der Waals surface area contributed by atoms with E-state index >= 15 is 0 Å². The van der Waals surface area contributed by atoms with E-state index in [0.29, 0.717) is 24.3 Å². The topological polar surface area (TPSA) is 58.6 Å². The van der Waals surface area contributed by atoms with Gasteiger partial charge in [0, 0.05) is 19.6 Å². The van der Waals surface area contributed by atoms with Gasteiger partial charge in [0.1, 0.15) is 0 Å². The van der Waals surface area contributed by atoms with E-state index < -0.39 is 6.09 Å². The quantitative estimate of drug-likeness (QED) is 0.837. The Morgan fingerprint density at radius 3 is 2.67 bits per heavy atom. The highest BCUT2D eigenvalue weighted by Crippen LogP contribution is 2.58. The molecule has 2 fully saturated rings. The molecule has 3 aliphatic rings. The molecule has 146 valence electrons. The second-order valence-electron chi connectivity index (χ2n) is 8.34. The lowest BCUT2D eigenvalue weighted by Gasteiger charge is -2.25. The minimum absolute atomic E-state index is 0.148. The number of aryl methyl sites for hydroxylation is 2. The van der Waals surface area contributed by atoms with Crippen molar-refractivity contribution in [3.8, 4) is 0 Å². The summed E-state index contributed by atoms with van der Waals surface area (Å²) in [5.41, 5.74) is 4.55. The average Bonchev–Trinajstić information content (AvgIpc) is 3.05. The lowest BCUT2D eigenvalue weighted by molar-refractivity contribution is -0.135. The molecule has 1 N–H and O–H groups in total. The van der Waals surface area contributed by atoms with Crippen molar-refractivity contribution in [2.45, 2.75) is 44.9 Å². The Bertz CT molecular complexity index is 720. The van der Waals surface area contributed by atoms with Gasteiger partial charge in [-0.2, -0.15) is 0 Å². The Hall–Kier alpha value is -2.04. The molecule has 1 aromatic carbocycles. The fraction of sp³-hybridized carbons (Fsp3) is 0.636. The van der Waals surface area contributed by atoms with Gasteiger partial charge in [-0.15, -0.1) is 0 Å². The monoisotopic (exact) mass is 370 g/mol. The molecule has 1 heterocycles. The number of likely N-dealkylation sites (tertiary alicyclic amines) is 1. The zero-order valence-electron chi connectivity index (χ0n) is 16.4. The number of carbonyl (C=O) groups excluding carboxylic acids is 2. The van der Waals surface area contributed by atoms with Crippen LogP contribution in [0.25, 0.3) is 0 Å². The van der Waals surface area contributed by atoms with E-state index in [-0.39, 0.29) is 11.8 Å². The van der Waals surface area contributed by atoms with Crippen LogP contribution in [0.1, 0.15) is 48.8 Å². The highest BCUT2D eigenvalue weighted by Gasteiger charge is 2.57. The lowest BCUT2D eigenvalue weighted by atomic mass is 9.99. The summed E-state index contributed by atoms with van der Waals surface area (Å²) < 4.78 is 4.63. The number of hydrogen-bond acceptors (Lipinski definition) is 3. The van der Waals surface area contributed by atoms with Crippen molar-refractivity contribution in [3.05, 3.63) is 34.9 Å². The molecule has 0 spiro atoms. The Balaban J connectivity index is 1.34. The minimum atomic E-state index is -0.468. The van der Waals surface area contributed by atoms with E-state index in [1.165, 1.54) is 37.5 Å². The largest absolute Gasteiger partial charge is 0.453 e. The van der Waals surface area contributed by atoms with Crippen LogP contribution in [0.4, 0.5) is 4.79 Å². The van der Waals surface area contributed by atoms with Crippen LogP contribution < -0.4 is 5.32 Å². The van der Waals surface area contributed by atoms with Crippen LogP contribution in [0.2, 0.25) is 0 Å². The van der Waals surface area contributed by atoms with Gasteiger partial charge in [0.05, 0.1) is 13.0 Å². The highest BCUT2D eigenvalue weighted by molar-refractivity contribution is 5.80. The smallest absolute Gasteiger partial charge is 0.406 e. The molecule has 1 saturated heterocycles. The number of nitrogens with zero attached hydrogens (tertiary/aromatic N) is 1. The number of ether oxygens (including phenoxy) is 1. The van der Waals surface area contributed by atoms with Crippen LogP contribution in [-0.2, 0) is 22.4 Å². The molecular weight excluding hydrogens is 340 g/mol. The molecule has 5 nitrogen and oxygen atoms in total. The van der Waals surface area contributed by atoms with Gasteiger partial charge < -0.3 is 15.0 Å². The molecule has 1 unspecified atom stereocenters. The number of benzene rings is 1. The molecular formula is C22H30N2O3. The highest BCUT2D eigenvalue weighted by atomic mass is 16.5. The molecule has 0 bridgehead atoms. The first-order valence-corrected chi connectivity index (χ1v) is 10.3. The summed E-state index contributed by atoms with van der Waals surface area (Å²) in [5, 5.41) is 2.69.